The van der Waals surface area contributed by atoms with E-state index in [1.807, 2.05) is 18.3 Å². The number of hydrogen-bond acceptors (Lipinski definition) is 4. The summed E-state index contributed by atoms with van der Waals surface area (Å²) in [7, 11) is 0. The predicted molar refractivity (Wildman–Crippen MR) is 96.5 cm³/mol. The van der Waals surface area contributed by atoms with E-state index in [9.17, 15) is 5.11 Å². The quantitative estimate of drug-likeness (QED) is 0.711. The molecule has 0 fully saturated rings. The molecule has 23 heavy (non-hydrogen) atoms. The zero-order chi connectivity index (χ0) is 16.1. The number of benzene rings is 1. The third-order valence-corrected chi connectivity index (χ3v) is 5.11. The van der Waals surface area contributed by atoms with Crippen LogP contribution in [0.25, 0.3) is 10.9 Å². The van der Waals surface area contributed by atoms with E-state index in [0.717, 1.165) is 25.0 Å². The molecule has 120 valence electrons. The van der Waals surface area contributed by atoms with Crippen LogP contribution in [0.4, 0.5) is 0 Å². The van der Waals surface area contributed by atoms with Gasteiger partial charge in [0.25, 0.3) is 0 Å². The number of rotatable bonds is 7. The van der Waals surface area contributed by atoms with Crippen molar-refractivity contribution in [2.24, 2.45) is 0 Å². The largest absolute Gasteiger partial charge is 0.395 e. The Kier molecular flexibility index (Phi) is 5.39. The maximum absolute atomic E-state index is 9.77. The first-order chi connectivity index (χ1) is 11.3. The third kappa shape index (κ3) is 3.78. The van der Waals surface area contributed by atoms with Gasteiger partial charge in [-0.15, -0.1) is 11.3 Å². The fraction of sp³-hybridized carbons (Fsp3) is 0.316. The molecule has 0 aliphatic heterocycles. The minimum absolute atomic E-state index is 0.170. The van der Waals surface area contributed by atoms with Gasteiger partial charge in [-0.3, -0.25) is 9.88 Å². The van der Waals surface area contributed by atoms with E-state index in [1.54, 1.807) is 11.3 Å². The van der Waals surface area contributed by atoms with Crippen LogP contribution in [-0.4, -0.2) is 27.6 Å². The van der Waals surface area contributed by atoms with Gasteiger partial charge < -0.3 is 5.11 Å². The lowest BCUT2D eigenvalue weighted by Gasteiger charge is -2.29. The number of aliphatic hydroxyl groups is 1. The van der Waals surface area contributed by atoms with Crippen LogP contribution in [0.5, 0.6) is 0 Å². The molecule has 0 radical (unpaired) electrons. The molecule has 0 aliphatic carbocycles. The Balaban J connectivity index is 1.90. The summed E-state index contributed by atoms with van der Waals surface area (Å²) in [4.78, 5) is 8.14. The Labute approximate surface area is 141 Å². The van der Waals surface area contributed by atoms with Crippen molar-refractivity contribution in [2.45, 2.75) is 32.5 Å². The molecule has 1 N–H and O–H groups in total. The lowest BCUT2D eigenvalue weighted by molar-refractivity contribution is 0.108. The first-order valence-electron chi connectivity index (χ1n) is 8.01. The van der Waals surface area contributed by atoms with E-state index in [0.29, 0.717) is 0 Å². The van der Waals surface area contributed by atoms with Crippen molar-refractivity contribution in [2.75, 3.05) is 6.61 Å². The predicted octanol–water partition coefficient (Wildman–Crippen LogP) is 4.07. The highest BCUT2D eigenvalue weighted by Gasteiger charge is 2.18. The van der Waals surface area contributed by atoms with Crippen LogP contribution in [-0.2, 0) is 13.1 Å². The van der Waals surface area contributed by atoms with Crippen LogP contribution in [0.2, 0.25) is 0 Å². The van der Waals surface area contributed by atoms with Crippen LogP contribution >= 0.6 is 11.3 Å². The molecule has 4 heteroatoms. The molecule has 0 saturated heterocycles. The second-order valence-electron chi connectivity index (χ2n) is 5.72. The first kappa shape index (κ1) is 16.1. The van der Waals surface area contributed by atoms with Crippen molar-refractivity contribution in [1.29, 1.82) is 0 Å². The molecule has 0 bridgehead atoms. The molecule has 2 aromatic heterocycles. The Morgan fingerprint density at radius 2 is 2.00 bits per heavy atom. The molecular weight excluding hydrogens is 304 g/mol. The number of aliphatic hydroxyl groups excluding tert-OH is 1. The minimum atomic E-state index is 0.170. The van der Waals surface area contributed by atoms with E-state index in [-0.39, 0.29) is 12.6 Å². The highest BCUT2D eigenvalue weighted by Crippen LogP contribution is 2.22. The Bertz CT molecular complexity index is 733. The van der Waals surface area contributed by atoms with Gasteiger partial charge in [-0.25, -0.2) is 0 Å². The Hall–Kier alpha value is -1.75. The van der Waals surface area contributed by atoms with Gasteiger partial charge in [0.2, 0.25) is 0 Å². The molecule has 0 unspecified atom stereocenters. The van der Waals surface area contributed by atoms with Crippen LogP contribution in [0.1, 0.15) is 23.8 Å². The van der Waals surface area contributed by atoms with Crippen molar-refractivity contribution in [3.05, 3.63) is 64.5 Å². The normalized spacial score (nSPS) is 12.8. The van der Waals surface area contributed by atoms with Crippen LogP contribution in [0.3, 0.4) is 0 Å². The monoisotopic (exact) mass is 326 g/mol. The zero-order valence-corrected chi connectivity index (χ0v) is 14.2. The van der Waals surface area contributed by atoms with Crippen molar-refractivity contribution in [3.8, 4) is 0 Å². The third-order valence-electron chi connectivity index (χ3n) is 4.25. The van der Waals surface area contributed by atoms with Gasteiger partial charge in [0.05, 0.1) is 12.1 Å². The molecule has 0 saturated carbocycles. The van der Waals surface area contributed by atoms with Crippen molar-refractivity contribution in [1.82, 2.24) is 9.88 Å². The molecule has 3 aromatic rings. The van der Waals surface area contributed by atoms with E-state index >= 15 is 0 Å². The summed E-state index contributed by atoms with van der Waals surface area (Å²) in [6, 6.07) is 14.8. The zero-order valence-electron chi connectivity index (χ0n) is 13.4. The lowest BCUT2D eigenvalue weighted by Crippen LogP contribution is -2.36. The topological polar surface area (TPSA) is 36.4 Å². The number of nitrogens with zero attached hydrogens (tertiary/aromatic N) is 2. The molecular formula is C19H22N2OS. The van der Waals surface area contributed by atoms with Crippen LogP contribution in [0.15, 0.2) is 54.0 Å². The molecule has 0 aliphatic rings. The van der Waals surface area contributed by atoms with E-state index < -0.39 is 0 Å². The van der Waals surface area contributed by atoms with Crippen molar-refractivity contribution < 1.29 is 5.11 Å². The van der Waals surface area contributed by atoms with Crippen LogP contribution in [0, 0.1) is 0 Å². The number of fused-ring (bicyclic) bond motifs is 1. The molecule has 1 atom stereocenters. The second kappa shape index (κ2) is 7.68. The SMILES string of the molecule is CC[C@H](CO)N(Cc1cccs1)Cc1ccnc2ccccc12. The number of aromatic nitrogens is 1. The molecule has 0 amide bonds. The number of thiophene rings is 1. The molecule has 0 spiro atoms. The number of pyridine rings is 1. The Morgan fingerprint density at radius 3 is 2.74 bits per heavy atom. The van der Waals surface area contributed by atoms with E-state index in [1.165, 1.54) is 15.8 Å². The second-order valence-corrected chi connectivity index (χ2v) is 6.75. The van der Waals surface area contributed by atoms with Crippen molar-refractivity contribution >= 4 is 22.2 Å². The maximum Gasteiger partial charge on any atom is 0.0705 e. The van der Waals surface area contributed by atoms with Gasteiger partial charge in [-0.05, 0) is 35.6 Å². The smallest absolute Gasteiger partial charge is 0.0705 e. The fourth-order valence-corrected chi connectivity index (χ4v) is 3.66. The van der Waals surface area contributed by atoms with Gasteiger partial charge in [0, 0.05) is 35.6 Å². The molecule has 2 heterocycles. The summed E-state index contributed by atoms with van der Waals surface area (Å²) in [6.45, 7) is 4.01. The van der Waals surface area contributed by atoms with Gasteiger partial charge in [-0.2, -0.15) is 0 Å². The summed E-state index contributed by atoms with van der Waals surface area (Å²) in [5, 5.41) is 13.1. The Morgan fingerprint density at radius 1 is 1.13 bits per heavy atom. The minimum Gasteiger partial charge on any atom is -0.395 e. The standard InChI is InChI=1S/C19H22N2OS/c1-2-16(14-22)21(13-17-6-5-11-23-17)12-15-9-10-20-19-8-4-3-7-18(15)19/h3-11,16,22H,2,12-14H2,1H3/t16-/m1/s1. The summed E-state index contributed by atoms with van der Waals surface area (Å²) in [5.41, 5.74) is 2.29. The average molecular weight is 326 g/mol. The summed E-state index contributed by atoms with van der Waals surface area (Å²) in [5.74, 6) is 0. The van der Waals surface area contributed by atoms with Gasteiger partial charge in [0.15, 0.2) is 0 Å². The van der Waals surface area contributed by atoms with Gasteiger partial charge in [-0.1, -0.05) is 31.2 Å². The van der Waals surface area contributed by atoms with E-state index in [4.69, 9.17) is 0 Å². The summed E-state index contributed by atoms with van der Waals surface area (Å²) < 4.78 is 0. The molecule has 3 rings (SSSR count). The van der Waals surface area contributed by atoms with Crippen molar-refractivity contribution in [3.63, 3.8) is 0 Å². The number of para-hydroxylation sites is 1. The molecule has 1 aromatic carbocycles. The van der Waals surface area contributed by atoms with Gasteiger partial charge in [0.1, 0.15) is 0 Å². The highest BCUT2D eigenvalue weighted by molar-refractivity contribution is 7.09. The van der Waals surface area contributed by atoms with Crippen LogP contribution < -0.4 is 0 Å². The van der Waals surface area contributed by atoms with E-state index in [2.05, 4.69) is 52.5 Å². The summed E-state index contributed by atoms with van der Waals surface area (Å²) in [6.07, 6.45) is 2.81. The average Bonchev–Trinajstić information content (AvgIpc) is 3.09. The first-order valence-corrected chi connectivity index (χ1v) is 8.89. The molecule has 3 nitrogen and oxygen atoms in total. The number of hydrogen-bond donors (Lipinski definition) is 1. The fourth-order valence-electron chi connectivity index (χ4n) is 2.93. The van der Waals surface area contributed by atoms with Gasteiger partial charge >= 0.3 is 0 Å². The summed E-state index contributed by atoms with van der Waals surface area (Å²) >= 11 is 1.77. The maximum atomic E-state index is 9.77. The highest BCUT2D eigenvalue weighted by atomic mass is 32.1. The lowest BCUT2D eigenvalue weighted by atomic mass is 10.1.